The zero-order chi connectivity index (χ0) is 16.3. The van der Waals surface area contributed by atoms with Crippen LogP contribution in [0.3, 0.4) is 0 Å². The first-order chi connectivity index (χ1) is 10.3. The van der Waals surface area contributed by atoms with Crippen LogP contribution in [0.1, 0.15) is 5.56 Å². The lowest BCUT2D eigenvalue weighted by Crippen LogP contribution is -2.14. The van der Waals surface area contributed by atoms with E-state index in [9.17, 15) is 18.0 Å². The fourth-order valence-corrected chi connectivity index (χ4v) is 1.86. The minimum Gasteiger partial charge on any atom is -0.363 e. The summed E-state index contributed by atoms with van der Waals surface area (Å²) in [6.45, 7) is 0. The minimum absolute atomic E-state index is 0.219. The Morgan fingerprint density at radius 1 is 1.14 bits per heavy atom. The van der Waals surface area contributed by atoms with Gasteiger partial charge < -0.3 is 10.2 Å². The van der Waals surface area contributed by atoms with Crippen LogP contribution >= 0.6 is 0 Å². The highest BCUT2D eigenvalue weighted by molar-refractivity contribution is 5.73. The summed E-state index contributed by atoms with van der Waals surface area (Å²) in [5, 5.41) is 2.46. The van der Waals surface area contributed by atoms with Crippen molar-refractivity contribution in [3.05, 3.63) is 42.0 Å². The van der Waals surface area contributed by atoms with E-state index in [2.05, 4.69) is 10.3 Å². The van der Waals surface area contributed by atoms with Crippen LogP contribution in [0.25, 0.3) is 11.3 Å². The molecule has 0 aliphatic rings. The van der Waals surface area contributed by atoms with Crippen LogP contribution in [-0.2, 0) is 11.0 Å². The van der Waals surface area contributed by atoms with Crippen LogP contribution in [0.5, 0.6) is 0 Å². The highest BCUT2D eigenvalue weighted by Crippen LogP contribution is 2.34. The molecular weight excluding hydrogens is 295 g/mol. The van der Waals surface area contributed by atoms with E-state index in [0.29, 0.717) is 17.7 Å². The molecule has 0 spiro atoms. The van der Waals surface area contributed by atoms with Crippen molar-refractivity contribution in [2.45, 2.75) is 6.18 Å². The second kappa shape index (κ2) is 6.05. The van der Waals surface area contributed by atoms with E-state index in [4.69, 9.17) is 0 Å². The number of pyridine rings is 1. The van der Waals surface area contributed by atoms with E-state index >= 15 is 0 Å². The molecule has 0 unspecified atom stereocenters. The van der Waals surface area contributed by atoms with Gasteiger partial charge in [-0.1, -0.05) is 12.1 Å². The van der Waals surface area contributed by atoms with Gasteiger partial charge in [0.2, 0.25) is 6.41 Å². The van der Waals surface area contributed by atoms with Gasteiger partial charge in [0.25, 0.3) is 0 Å². The van der Waals surface area contributed by atoms with Crippen molar-refractivity contribution in [2.75, 3.05) is 24.3 Å². The second-order valence-electron chi connectivity index (χ2n) is 4.83. The molecule has 1 N–H and O–H groups in total. The van der Waals surface area contributed by atoms with Gasteiger partial charge in [0.1, 0.15) is 5.82 Å². The number of amides is 1. The molecule has 2 rings (SSSR count). The summed E-state index contributed by atoms with van der Waals surface area (Å²) in [7, 11) is 3.26. The van der Waals surface area contributed by atoms with Gasteiger partial charge in [-0.3, -0.25) is 4.79 Å². The maximum Gasteiger partial charge on any atom is 0.416 e. The minimum atomic E-state index is -4.44. The quantitative estimate of drug-likeness (QED) is 0.880. The molecule has 1 heterocycles. The van der Waals surface area contributed by atoms with Crippen molar-refractivity contribution in [3.8, 4) is 11.3 Å². The average molecular weight is 309 g/mol. The van der Waals surface area contributed by atoms with E-state index in [1.54, 1.807) is 38.4 Å². The number of hydrogen-bond donors (Lipinski definition) is 1. The second-order valence-corrected chi connectivity index (χ2v) is 4.83. The Balaban J connectivity index is 2.49. The largest absolute Gasteiger partial charge is 0.416 e. The average Bonchev–Trinajstić information content (AvgIpc) is 2.47. The standard InChI is InChI=1S/C15H14F3N3O/c1-21(2)14-8-11(15(16,17)18)7-13(20-14)10-3-5-12(6-4-10)19-9-22/h3-9H,1-2H3,(H,19,22). The SMILES string of the molecule is CN(C)c1cc(C(F)(F)F)cc(-c2ccc(NC=O)cc2)n1. The lowest BCUT2D eigenvalue weighted by atomic mass is 10.1. The van der Waals surface area contributed by atoms with Crippen molar-refractivity contribution in [3.63, 3.8) is 0 Å². The summed E-state index contributed by atoms with van der Waals surface area (Å²) < 4.78 is 39.0. The summed E-state index contributed by atoms with van der Waals surface area (Å²) >= 11 is 0. The number of hydrogen-bond acceptors (Lipinski definition) is 3. The lowest BCUT2D eigenvalue weighted by Gasteiger charge is -2.16. The predicted octanol–water partition coefficient (Wildman–Crippen LogP) is 3.40. The normalized spacial score (nSPS) is 11.1. The highest BCUT2D eigenvalue weighted by atomic mass is 19.4. The van der Waals surface area contributed by atoms with Gasteiger partial charge in [-0.15, -0.1) is 0 Å². The Labute approximate surface area is 125 Å². The maximum atomic E-state index is 13.0. The molecule has 7 heteroatoms. The number of carbonyl (C=O) groups excluding carboxylic acids is 1. The molecule has 0 radical (unpaired) electrons. The van der Waals surface area contributed by atoms with Gasteiger partial charge in [0, 0.05) is 25.3 Å². The van der Waals surface area contributed by atoms with E-state index in [1.807, 2.05) is 0 Å². The number of nitrogens with one attached hydrogen (secondary N) is 1. The molecule has 0 fully saturated rings. The number of nitrogens with zero attached hydrogens (tertiary/aromatic N) is 2. The molecule has 2 aromatic rings. The molecule has 116 valence electrons. The van der Waals surface area contributed by atoms with Gasteiger partial charge in [0.15, 0.2) is 0 Å². The van der Waals surface area contributed by atoms with Gasteiger partial charge >= 0.3 is 6.18 Å². The van der Waals surface area contributed by atoms with Crippen LogP contribution in [0.4, 0.5) is 24.7 Å². The Kier molecular flexibility index (Phi) is 4.35. The first-order valence-corrected chi connectivity index (χ1v) is 6.38. The molecule has 0 aliphatic carbocycles. The van der Waals surface area contributed by atoms with Crippen LogP contribution in [0, 0.1) is 0 Å². The Hall–Kier alpha value is -2.57. The third-order valence-electron chi connectivity index (χ3n) is 3.00. The summed E-state index contributed by atoms with van der Waals surface area (Å²) in [6, 6.07) is 8.42. The summed E-state index contributed by atoms with van der Waals surface area (Å²) in [5.41, 5.74) is 0.552. The van der Waals surface area contributed by atoms with E-state index in [-0.39, 0.29) is 11.5 Å². The summed E-state index contributed by atoms with van der Waals surface area (Å²) in [6.07, 6.45) is -3.91. The first-order valence-electron chi connectivity index (χ1n) is 6.38. The fourth-order valence-electron chi connectivity index (χ4n) is 1.86. The summed E-state index contributed by atoms with van der Waals surface area (Å²) in [4.78, 5) is 16.1. The number of carbonyl (C=O) groups is 1. The molecule has 1 aromatic carbocycles. The van der Waals surface area contributed by atoms with Crippen molar-refractivity contribution < 1.29 is 18.0 Å². The van der Waals surface area contributed by atoms with Crippen LogP contribution in [-0.4, -0.2) is 25.5 Å². The molecule has 22 heavy (non-hydrogen) atoms. The molecule has 0 bridgehead atoms. The smallest absolute Gasteiger partial charge is 0.363 e. The van der Waals surface area contributed by atoms with Gasteiger partial charge in [-0.05, 0) is 24.3 Å². The van der Waals surface area contributed by atoms with Crippen molar-refractivity contribution in [2.24, 2.45) is 0 Å². The van der Waals surface area contributed by atoms with Gasteiger partial charge in [0.05, 0.1) is 11.3 Å². The molecule has 4 nitrogen and oxygen atoms in total. The molecular formula is C15H14F3N3O. The van der Waals surface area contributed by atoms with Crippen LogP contribution < -0.4 is 10.2 Å². The maximum absolute atomic E-state index is 13.0. The predicted molar refractivity (Wildman–Crippen MR) is 78.7 cm³/mol. The number of halogens is 3. The third-order valence-corrected chi connectivity index (χ3v) is 3.00. The Bertz CT molecular complexity index is 667. The number of aromatic nitrogens is 1. The monoisotopic (exact) mass is 309 g/mol. The van der Waals surface area contributed by atoms with E-state index in [0.717, 1.165) is 12.1 Å². The Morgan fingerprint density at radius 2 is 1.77 bits per heavy atom. The van der Waals surface area contributed by atoms with Crippen molar-refractivity contribution in [1.29, 1.82) is 0 Å². The zero-order valence-corrected chi connectivity index (χ0v) is 12.0. The third kappa shape index (κ3) is 3.55. The summed E-state index contributed by atoms with van der Waals surface area (Å²) in [5.74, 6) is 0.222. The topological polar surface area (TPSA) is 45.2 Å². The van der Waals surface area contributed by atoms with Crippen molar-refractivity contribution >= 4 is 17.9 Å². The molecule has 0 atom stereocenters. The van der Waals surface area contributed by atoms with Crippen LogP contribution in [0.2, 0.25) is 0 Å². The molecule has 1 amide bonds. The zero-order valence-electron chi connectivity index (χ0n) is 12.0. The number of rotatable bonds is 4. The molecule has 0 aliphatic heterocycles. The van der Waals surface area contributed by atoms with Crippen LogP contribution in [0.15, 0.2) is 36.4 Å². The van der Waals surface area contributed by atoms with Crippen molar-refractivity contribution in [1.82, 2.24) is 4.98 Å². The Morgan fingerprint density at radius 3 is 2.27 bits per heavy atom. The fraction of sp³-hybridized carbons (Fsp3) is 0.200. The first kappa shape index (κ1) is 15.8. The molecule has 1 aromatic heterocycles. The van der Waals surface area contributed by atoms with E-state index < -0.39 is 11.7 Å². The van der Waals surface area contributed by atoms with Gasteiger partial charge in [-0.2, -0.15) is 13.2 Å². The number of anilines is 2. The van der Waals surface area contributed by atoms with E-state index in [1.165, 1.54) is 4.90 Å². The lowest BCUT2D eigenvalue weighted by molar-refractivity contribution is -0.137. The molecule has 0 saturated carbocycles. The number of benzene rings is 1. The number of alkyl halides is 3. The highest BCUT2D eigenvalue weighted by Gasteiger charge is 2.32. The van der Waals surface area contributed by atoms with Gasteiger partial charge in [-0.25, -0.2) is 4.98 Å². The molecule has 0 saturated heterocycles.